The number of rotatable bonds is 7. The molecule has 0 radical (unpaired) electrons. The molecule has 1 fully saturated rings. The molecule has 0 unspecified atom stereocenters. The highest BCUT2D eigenvalue weighted by Crippen LogP contribution is 2.31. The van der Waals surface area contributed by atoms with Crippen LogP contribution in [0.1, 0.15) is 33.3 Å². The van der Waals surface area contributed by atoms with E-state index in [0.29, 0.717) is 17.3 Å². The number of ether oxygens (including phenoxy) is 1. The van der Waals surface area contributed by atoms with Gasteiger partial charge in [0.1, 0.15) is 5.00 Å². The fourth-order valence-electron chi connectivity index (χ4n) is 3.93. The number of piperazine rings is 1. The average Bonchev–Trinajstić information content (AvgIpc) is 3.24. The maximum atomic E-state index is 12.6. The number of benzene rings is 2. The molecule has 1 saturated heterocycles. The van der Waals surface area contributed by atoms with Crippen molar-refractivity contribution in [3.8, 4) is 0 Å². The molecule has 2 aromatic carbocycles. The lowest BCUT2D eigenvalue weighted by Crippen LogP contribution is -2.49. The molecule has 1 aliphatic rings. The number of hydrogen-bond donors (Lipinski definition) is 1. The van der Waals surface area contributed by atoms with Gasteiger partial charge in [0, 0.05) is 49.0 Å². The zero-order valence-corrected chi connectivity index (χ0v) is 21.5. The van der Waals surface area contributed by atoms with E-state index in [4.69, 9.17) is 28.6 Å². The second-order valence-corrected chi connectivity index (χ2v) is 10.1. The lowest BCUT2D eigenvalue weighted by Gasteiger charge is -2.36. The van der Waals surface area contributed by atoms with Crippen LogP contribution >= 0.6 is 35.2 Å². The zero-order valence-electron chi connectivity index (χ0n) is 19.1. The minimum atomic E-state index is -0.326. The van der Waals surface area contributed by atoms with E-state index in [1.165, 1.54) is 5.56 Å². The number of carbonyl (C=O) groups excluding carboxylic acids is 1. The molecule has 0 amide bonds. The van der Waals surface area contributed by atoms with Crippen LogP contribution in [0.3, 0.4) is 0 Å². The molecule has 4 rings (SSSR count). The van der Waals surface area contributed by atoms with Crippen LogP contribution in [0.15, 0.2) is 60.7 Å². The van der Waals surface area contributed by atoms with E-state index in [0.717, 1.165) is 59.6 Å². The van der Waals surface area contributed by atoms with E-state index in [-0.39, 0.29) is 5.97 Å². The first kappa shape index (κ1) is 24.7. The molecular weight excluding hydrogens is 486 g/mol. The van der Waals surface area contributed by atoms with Crippen molar-refractivity contribution in [3.63, 3.8) is 0 Å². The van der Waals surface area contributed by atoms with Crippen LogP contribution in [0.25, 0.3) is 0 Å². The Bertz CT molecular complexity index is 1130. The summed E-state index contributed by atoms with van der Waals surface area (Å²) in [7, 11) is 0. The van der Waals surface area contributed by atoms with Crippen LogP contribution in [-0.2, 0) is 17.7 Å². The quantitative estimate of drug-likeness (QED) is 0.324. The van der Waals surface area contributed by atoms with E-state index in [1.54, 1.807) is 11.3 Å². The van der Waals surface area contributed by atoms with Gasteiger partial charge in [-0.2, -0.15) is 0 Å². The number of hydrogen-bond acceptors (Lipinski definition) is 5. The third-order valence-corrected chi connectivity index (χ3v) is 7.51. The van der Waals surface area contributed by atoms with Crippen molar-refractivity contribution in [3.05, 3.63) is 87.3 Å². The SMILES string of the molecule is CCOC(=O)c1cc(Cc2ccccc2)sc1NC(=S)N1CCN(Cc2ccccc2Cl)CC1. The molecule has 5 nitrogen and oxygen atoms in total. The van der Waals surface area contributed by atoms with E-state index in [1.807, 2.05) is 49.4 Å². The Balaban J connectivity index is 1.39. The molecule has 0 saturated carbocycles. The van der Waals surface area contributed by atoms with Crippen LogP contribution in [-0.4, -0.2) is 53.7 Å². The fourth-order valence-corrected chi connectivity index (χ4v) is 5.55. The van der Waals surface area contributed by atoms with Crippen LogP contribution < -0.4 is 5.32 Å². The number of thiophene rings is 1. The zero-order chi connectivity index (χ0) is 23.9. The first-order valence-corrected chi connectivity index (χ1v) is 13.0. The Morgan fingerprint density at radius 1 is 1.09 bits per heavy atom. The minimum Gasteiger partial charge on any atom is -0.462 e. The Hall–Kier alpha value is -2.45. The number of nitrogens with one attached hydrogen (secondary N) is 1. The van der Waals surface area contributed by atoms with Crippen molar-refractivity contribution < 1.29 is 9.53 Å². The van der Waals surface area contributed by atoms with Crippen molar-refractivity contribution in [1.82, 2.24) is 9.80 Å². The molecule has 34 heavy (non-hydrogen) atoms. The molecule has 3 aromatic rings. The predicted molar refractivity (Wildman–Crippen MR) is 144 cm³/mol. The molecule has 0 bridgehead atoms. The molecule has 0 spiro atoms. The summed E-state index contributed by atoms with van der Waals surface area (Å²) in [5, 5.41) is 5.52. The highest BCUT2D eigenvalue weighted by Gasteiger charge is 2.23. The third-order valence-electron chi connectivity index (χ3n) is 5.73. The lowest BCUT2D eigenvalue weighted by molar-refractivity contribution is 0.0528. The summed E-state index contributed by atoms with van der Waals surface area (Å²) >= 11 is 13.6. The van der Waals surface area contributed by atoms with Gasteiger partial charge in [-0.3, -0.25) is 4.90 Å². The number of esters is 1. The van der Waals surface area contributed by atoms with Crippen molar-refractivity contribution in [2.24, 2.45) is 0 Å². The monoisotopic (exact) mass is 513 g/mol. The molecule has 0 atom stereocenters. The molecule has 0 aliphatic carbocycles. The third kappa shape index (κ3) is 6.36. The van der Waals surface area contributed by atoms with Gasteiger partial charge in [0.15, 0.2) is 5.11 Å². The van der Waals surface area contributed by atoms with Crippen molar-refractivity contribution in [2.45, 2.75) is 19.9 Å². The predicted octanol–water partition coefficient (Wildman–Crippen LogP) is 5.68. The summed E-state index contributed by atoms with van der Waals surface area (Å²) in [6.45, 7) is 6.38. The lowest BCUT2D eigenvalue weighted by atomic mass is 10.1. The second-order valence-electron chi connectivity index (χ2n) is 8.12. The minimum absolute atomic E-state index is 0.326. The number of thiocarbonyl (C=S) groups is 1. The number of halogens is 1. The van der Waals surface area contributed by atoms with Crippen LogP contribution in [0, 0.1) is 0 Å². The Morgan fingerprint density at radius 3 is 2.50 bits per heavy atom. The van der Waals surface area contributed by atoms with Gasteiger partial charge in [0.2, 0.25) is 0 Å². The van der Waals surface area contributed by atoms with Gasteiger partial charge in [-0.15, -0.1) is 11.3 Å². The Morgan fingerprint density at radius 2 is 1.79 bits per heavy atom. The summed E-state index contributed by atoms with van der Waals surface area (Å²) in [4.78, 5) is 18.2. The fraction of sp³-hybridized carbons (Fsp3) is 0.308. The summed E-state index contributed by atoms with van der Waals surface area (Å²) in [5.41, 5.74) is 2.88. The second kappa shape index (κ2) is 11.8. The maximum Gasteiger partial charge on any atom is 0.341 e. The first-order chi connectivity index (χ1) is 16.5. The van der Waals surface area contributed by atoms with E-state index < -0.39 is 0 Å². The summed E-state index contributed by atoms with van der Waals surface area (Å²) in [6.07, 6.45) is 0.757. The number of anilines is 1. The molecule has 1 N–H and O–H groups in total. The van der Waals surface area contributed by atoms with Crippen LogP contribution in [0.2, 0.25) is 5.02 Å². The molecular formula is C26H28ClN3O2S2. The Kier molecular flexibility index (Phi) is 8.56. The van der Waals surface area contributed by atoms with Gasteiger partial charge in [-0.25, -0.2) is 4.79 Å². The largest absolute Gasteiger partial charge is 0.462 e. The van der Waals surface area contributed by atoms with Crippen molar-refractivity contribution >= 4 is 51.2 Å². The van der Waals surface area contributed by atoms with Gasteiger partial charge in [0.05, 0.1) is 12.2 Å². The summed E-state index contributed by atoms with van der Waals surface area (Å²) in [6, 6.07) is 20.1. The van der Waals surface area contributed by atoms with Gasteiger partial charge < -0.3 is 15.0 Å². The smallest absolute Gasteiger partial charge is 0.341 e. The molecule has 178 valence electrons. The molecule has 8 heteroatoms. The highest BCUT2D eigenvalue weighted by atomic mass is 35.5. The maximum absolute atomic E-state index is 12.6. The summed E-state index contributed by atoms with van der Waals surface area (Å²) in [5.74, 6) is -0.326. The first-order valence-electron chi connectivity index (χ1n) is 11.4. The molecule has 2 heterocycles. The normalized spacial score (nSPS) is 14.1. The van der Waals surface area contributed by atoms with Crippen LogP contribution in [0.4, 0.5) is 5.00 Å². The van der Waals surface area contributed by atoms with E-state index in [9.17, 15) is 4.79 Å². The number of nitrogens with zero attached hydrogens (tertiary/aromatic N) is 2. The number of carbonyl (C=O) groups is 1. The van der Waals surface area contributed by atoms with Gasteiger partial charge >= 0.3 is 5.97 Å². The molecule has 1 aliphatic heterocycles. The average molecular weight is 514 g/mol. The van der Waals surface area contributed by atoms with E-state index in [2.05, 4.69) is 33.3 Å². The van der Waals surface area contributed by atoms with Gasteiger partial charge in [0.25, 0.3) is 0 Å². The van der Waals surface area contributed by atoms with Crippen LogP contribution in [0.5, 0.6) is 0 Å². The van der Waals surface area contributed by atoms with Gasteiger partial charge in [-0.1, -0.05) is 60.1 Å². The Labute approximate surface area is 215 Å². The molecule has 1 aromatic heterocycles. The van der Waals surface area contributed by atoms with E-state index >= 15 is 0 Å². The van der Waals surface area contributed by atoms with Crippen molar-refractivity contribution in [1.29, 1.82) is 0 Å². The van der Waals surface area contributed by atoms with Gasteiger partial charge in [-0.05, 0) is 42.4 Å². The summed E-state index contributed by atoms with van der Waals surface area (Å²) < 4.78 is 5.29. The standard InChI is InChI=1S/C26H28ClN3O2S2/c1-2-32-25(31)22-17-21(16-19-8-4-3-5-9-19)34-24(22)28-26(33)30-14-12-29(13-15-30)18-20-10-6-7-11-23(20)27/h3-11,17H,2,12-16,18H2,1H3,(H,28,33). The highest BCUT2D eigenvalue weighted by molar-refractivity contribution is 7.80. The topological polar surface area (TPSA) is 44.8 Å². The van der Waals surface area contributed by atoms with Crippen molar-refractivity contribution in [2.75, 3.05) is 38.1 Å².